The number of nitrogens with one attached hydrogen (secondary N) is 1. The predicted molar refractivity (Wildman–Crippen MR) is 37.4 cm³/mol. The average Bonchev–Trinajstić information content (AvgIpc) is 2.22. The van der Waals surface area contributed by atoms with E-state index in [1.807, 2.05) is 0 Å². The van der Waals surface area contributed by atoms with Gasteiger partial charge < -0.3 is 10.2 Å². The van der Waals surface area contributed by atoms with Crippen LogP contribution in [0.1, 0.15) is 6.42 Å². The summed E-state index contributed by atoms with van der Waals surface area (Å²) in [5.74, 6) is 0.968. The smallest absolute Gasteiger partial charge is 0.0235 e. The molecule has 0 unspecified atom stereocenters. The second kappa shape index (κ2) is 1.96. The van der Waals surface area contributed by atoms with Crippen LogP contribution in [0.15, 0.2) is 0 Å². The second-order valence-electron chi connectivity index (χ2n) is 3.33. The fourth-order valence-electron chi connectivity index (χ4n) is 2.06. The molecule has 0 radical (unpaired) electrons. The van der Waals surface area contributed by atoms with E-state index in [0.29, 0.717) is 0 Å². The molecule has 0 saturated carbocycles. The normalized spacial score (nSPS) is 43.7. The minimum absolute atomic E-state index is 0.829. The second-order valence-corrected chi connectivity index (χ2v) is 3.33. The van der Waals surface area contributed by atoms with Crippen LogP contribution in [0.2, 0.25) is 0 Å². The van der Waals surface area contributed by atoms with Crippen molar-refractivity contribution in [2.75, 3.05) is 26.7 Å². The van der Waals surface area contributed by atoms with Gasteiger partial charge in [-0.25, -0.2) is 0 Å². The third-order valence-electron chi connectivity index (χ3n) is 2.55. The molecule has 2 aliphatic heterocycles. The first-order valence-corrected chi connectivity index (χ1v) is 3.78. The molecule has 2 rings (SSSR count). The lowest BCUT2D eigenvalue weighted by Gasteiger charge is -2.07. The monoisotopic (exact) mass is 126 g/mol. The first kappa shape index (κ1) is 5.69. The van der Waals surface area contributed by atoms with Crippen LogP contribution in [0, 0.1) is 5.92 Å². The molecule has 9 heavy (non-hydrogen) atoms. The minimum Gasteiger partial charge on any atom is -0.312 e. The Kier molecular flexibility index (Phi) is 1.24. The maximum atomic E-state index is 3.51. The summed E-state index contributed by atoms with van der Waals surface area (Å²) in [4.78, 5) is 2.42. The van der Waals surface area contributed by atoms with Crippen molar-refractivity contribution >= 4 is 0 Å². The number of likely N-dealkylation sites (N-methyl/N-ethyl adjacent to an activating group) is 1. The number of nitrogens with zero attached hydrogens (tertiary/aromatic N) is 1. The Bertz CT molecular complexity index is 101. The molecule has 2 atom stereocenters. The average molecular weight is 126 g/mol. The molecule has 1 N–H and O–H groups in total. The largest absolute Gasteiger partial charge is 0.312 e. The Hall–Kier alpha value is -0.0800. The van der Waals surface area contributed by atoms with E-state index < -0.39 is 0 Å². The summed E-state index contributed by atoms with van der Waals surface area (Å²) in [6.07, 6.45) is 1.40. The summed E-state index contributed by atoms with van der Waals surface area (Å²) in [5.41, 5.74) is 0. The lowest BCUT2D eigenvalue weighted by atomic mass is 10.1. The van der Waals surface area contributed by atoms with Crippen LogP contribution in [-0.2, 0) is 0 Å². The van der Waals surface area contributed by atoms with Gasteiger partial charge in [0.05, 0.1) is 0 Å². The number of hydrogen-bond acceptors (Lipinski definition) is 2. The third kappa shape index (κ3) is 0.864. The van der Waals surface area contributed by atoms with E-state index in [1.165, 1.54) is 26.1 Å². The first-order valence-electron chi connectivity index (χ1n) is 3.78. The highest BCUT2D eigenvalue weighted by Crippen LogP contribution is 2.22. The lowest BCUT2D eigenvalue weighted by molar-refractivity contribution is 0.382. The molecule has 2 heterocycles. The summed E-state index contributed by atoms with van der Waals surface area (Å²) < 4.78 is 0. The highest BCUT2D eigenvalue weighted by molar-refractivity contribution is 4.92. The standard InChI is InChI=1S/C7H14N2/c1-9-4-6-2-3-8-7(6)5-9/h6-8H,2-5H2,1H3/t6-,7-/m0/s1. The topological polar surface area (TPSA) is 15.3 Å². The van der Waals surface area contributed by atoms with Crippen LogP contribution in [-0.4, -0.2) is 37.6 Å². The van der Waals surface area contributed by atoms with E-state index in [0.717, 1.165) is 12.0 Å². The van der Waals surface area contributed by atoms with E-state index >= 15 is 0 Å². The number of rotatable bonds is 0. The Morgan fingerprint density at radius 3 is 3.11 bits per heavy atom. The quantitative estimate of drug-likeness (QED) is 0.488. The number of fused-ring (bicyclic) bond motifs is 1. The molecule has 0 aromatic carbocycles. The molecule has 0 bridgehead atoms. The van der Waals surface area contributed by atoms with Gasteiger partial charge in [0, 0.05) is 19.1 Å². The van der Waals surface area contributed by atoms with Crippen molar-refractivity contribution in [3.05, 3.63) is 0 Å². The molecule has 0 aliphatic carbocycles. The van der Waals surface area contributed by atoms with Gasteiger partial charge in [0.1, 0.15) is 0 Å². The van der Waals surface area contributed by atoms with Gasteiger partial charge in [0.15, 0.2) is 0 Å². The van der Waals surface area contributed by atoms with Crippen LogP contribution < -0.4 is 5.32 Å². The SMILES string of the molecule is CN1C[C@@H]2CCN[C@H]2C1. The van der Waals surface area contributed by atoms with Gasteiger partial charge in [0.25, 0.3) is 0 Å². The fourth-order valence-corrected chi connectivity index (χ4v) is 2.06. The van der Waals surface area contributed by atoms with E-state index in [4.69, 9.17) is 0 Å². The summed E-state index contributed by atoms with van der Waals surface area (Å²) in [7, 11) is 2.21. The van der Waals surface area contributed by atoms with Gasteiger partial charge in [-0.15, -0.1) is 0 Å². The zero-order valence-corrected chi connectivity index (χ0v) is 5.93. The highest BCUT2D eigenvalue weighted by Gasteiger charge is 2.33. The van der Waals surface area contributed by atoms with Crippen molar-refractivity contribution in [1.82, 2.24) is 10.2 Å². The van der Waals surface area contributed by atoms with E-state index in [9.17, 15) is 0 Å². The van der Waals surface area contributed by atoms with Crippen LogP contribution in [0.25, 0.3) is 0 Å². The molecule has 2 nitrogen and oxygen atoms in total. The molecule has 0 aromatic heterocycles. The Balaban J connectivity index is 2.02. The Labute approximate surface area is 56.2 Å². The molecular formula is C7H14N2. The number of likely N-dealkylation sites (tertiary alicyclic amines) is 1. The van der Waals surface area contributed by atoms with Crippen LogP contribution in [0.5, 0.6) is 0 Å². The molecule has 52 valence electrons. The van der Waals surface area contributed by atoms with Crippen LogP contribution in [0.3, 0.4) is 0 Å². The van der Waals surface area contributed by atoms with E-state index in [2.05, 4.69) is 17.3 Å². The maximum absolute atomic E-state index is 3.51. The molecule has 0 amide bonds. The molecule has 2 aliphatic rings. The summed E-state index contributed by atoms with van der Waals surface area (Å²) in [5, 5.41) is 3.51. The number of hydrogen-bond donors (Lipinski definition) is 1. The highest BCUT2D eigenvalue weighted by atomic mass is 15.2. The van der Waals surface area contributed by atoms with Crippen molar-refractivity contribution < 1.29 is 0 Å². The zero-order chi connectivity index (χ0) is 6.27. The van der Waals surface area contributed by atoms with Gasteiger partial charge in [-0.2, -0.15) is 0 Å². The summed E-state index contributed by atoms with van der Waals surface area (Å²) >= 11 is 0. The van der Waals surface area contributed by atoms with Crippen LogP contribution in [0.4, 0.5) is 0 Å². The molecular weight excluding hydrogens is 112 g/mol. The first-order chi connectivity index (χ1) is 4.36. The molecule has 2 fully saturated rings. The molecule has 2 saturated heterocycles. The predicted octanol–water partition coefficient (Wildman–Crippen LogP) is -0.0901. The zero-order valence-electron chi connectivity index (χ0n) is 5.93. The summed E-state index contributed by atoms with van der Waals surface area (Å²) in [6, 6.07) is 0.829. The minimum atomic E-state index is 0.829. The van der Waals surface area contributed by atoms with Crippen molar-refractivity contribution in [2.45, 2.75) is 12.5 Å². The van der Waals surface area contributed by atoms with Crippen molar-refractivity contribution in [2.24, 2.45) is 5.92 Å². The van der Waals surface area contributed by atoms with Crippen LogP contribution >= 0.6 is 0 Å². The third-order valence-corrected chi connectivity index (χ3v) is 2.55. The van der Waals surface area contributed by atoms with Gasteiger partial charge in [-0.3, -0.25) is 0 Å². The van der Waals surface area contributed by atoms with E-state index in [1.54, 1.807) is 0 Å². The van der Waals surface area contributed by atoms with Gasteiger partial charge in [-0.1, -0.05) is 0 Å². The fraction of sp³-hybridized carbons (Fsp3) is 1.00. The Morgan fingerprint density at radius 2 is 2.33 bits per heavy atom. The molecule has 0 spiro atoms. The molecule has 0 aromatic rings. The van der Waals surface area contributed by atoms with Crippen molar-refractivity contribution in [3.8, 4) is 0 Å². The van der Waals surface area contributed by atoms with E-state index in [-0.39, 0.29) is 0 Å². The van der Waals surface area contributed by atoms with Gasteiger partial charge in [-0.05, 0) is 25.9 Å². The lowest BCUT2D eigenvalue weighted by Crippen LogP contribution is -2.28. The molecule has 2 heteroatoms. The maximum Gasteiger partial charge on any atom is 0.0235 e. The summed E-state index contributed by atoms with van der Waals surface area (Å²) in [6.45, 7) is 3.84. The van der Waals surface area contributed by atoms with Gasteiger partial charge in [0.2, 0.25) is 0 Å². The Morgan fingerprint density at radius 1 is 1.44 bits per heavy atom. The van der Waals surface area contributed by atoms with Crippen molar-refractivity contribution in [1.29, 1.82) is 0 Å². The van der Waals surface area contributed by atoms with Gasteiger partial charge >= 0.3 is 0 Å². The van der Waals surface area contributed by atoms with Crippen molar-refractivity contribution in [3.63, 3.8) is 0 Å².